The lowest BCUT2D eigenvalue weighted by molar-refractivity contribution is -0.140. The topological polar surface area (TPSA) is 67.9 Å². The number of alkyl halides is 1. The molecule has 1 aromatic carbocycles. The SMILES string of the molecule is COc1cc(C(C(=O)NC2CCCCC2)N(Cc2cccs2)C(=O)CCl)ccc1OC(C)C. The van der Waals surface area contributed by atoms with Gasteiger partial charge in [0, 0.05) is 10.9 Å². The highest BCUT2D eigenvalue weighted by atomic mass is 35.5. The van der Waals surface area contributed by atoms with E-state index in [-0.39, 0.29) is 29.8 Å². The number of nitrogens with one attached hydrogen (secondary N) is 1. The maximum Gasteiger partial charge on any atom is 0.247 e. The zero-order valence-electron chi connectivity index (χ0n) is 19.5. The van der Waals surface area contributed by atoms with Crippen molar-refractivity contribution in [3.05, 3.63) is 46.2 Å². The summed E-state index contributed by atoms with van der Waals surface area (Å²) in [6.07, 6.45) is 5.28. The Balaban J connectivity index is 1.99. The molecule has 1 atom stereocenters. The first-order valence-electron chi connectivity index (χ1n) is 11.5. The van der Waals surface area contributed by atoms with Gasteiger partial charge in [0.05, 0.1) is 19.8 Å². The molecule has 0 saturated heterocycles. The van der Waals surface area contributed by atoms with Crippen molar-refractivity contribution in [2.75, 3.05) is 13.0 Å². The van der Waals surface area contributed by atoms with Crippen LogP contribution in [0.1, 0.15) is 62.4 Å². The second kappa shape index (κ2) is 12.3. The van der Waals surface area contributed by atoms with Crippen molar-refractivity contribution in [1.29, 1.82) is 0 Å². The highest BCUT2D eigenvalue weighted by Crippen LogP contribution is 2.34. The standard InChI is InChI=1S/C25H33ClN2O4S/c1-17(2)32-21-12-11-18(14-22(21)31-3)24(25(30)27-19-8-5-4-6-9-19)28(23(29)15-26)16-20-10-7-13-33-20/h7,10-14,17,19,24H,4-6,8-9,15-16H2,1-3H3,(H,27,30). The summed E-state index contributed by atoms with van der Waals surface area (Å²) >= 11 is 7.53. The van der Waals surface area contributed by atoms with Gasteiger partial charge >= 0.3 is 0 Å². The van der Waals surface area contributed by atoms with Gasteiger partial charge in [0.1, 0.15) is 11.9 Å². The van der Waals surface area contributed by atoms with Crippen LogP contribution in [0.4, 0.5) is 0 Å². The number of hydrogen-bond acceptors (Lipinski definition) is 5. The predicted molar refractivity (Wildman–Crippen MR) is 132 cm³/mol. The average molecular weight is 493 g/mol. The third kappa shape index (κ3) is 6.87. The number of nitrogens with zero attached hydrogens (tertiary/aromatic N) is 1. The Morgan fingerprint density at radius 2 is 1.94 bits per heavy atom. The third-order valence-corrected chi connectivity index (χ3v) is 6.81. The second-order valence-electron chi connectivity index (χ2n) is 8.56. The quantitative estimate of drug-likeness (QED) is 0.457. The van der Waals surface area contributed by atoms with Gasteiger partial charge in [-0.2, -0.15) is 0 Å². The summed E-state index contributed by atoms with van der Waals surface area (Å²) in [7, 11) is 1.57. The monoisotopic (exact) mass is 492 g/mol. The molecule has 0 aliphatic heterocycles. The van der Waals surface area contributed by atoms with Crippen LogP contribution in [0.5, 0.6) is 11.5 Å². The minimum absolute atomic E-state index is 0.0247. The van der Waals surface area contributed by atoms with Crippen molar-refractivity contribution < 1.29 is 19.1 Å². The van der Waals surface area contributed by atoms with Gasteiger partial charge in [0.15, 0.2) is 11.5 Å². The van der Waals surface area contributed by atoms with Crippen molar-refractivity contribution in [1.82, 2.24) is 10.2 Å². The maximum atomic E-state index is 13.6. The van der Waals surface area contributed by atoms with E-state index >= 15 is 0 Å². The molecule has 3 rings (SSSR count). The molecule has 1 aromatic heterocycles. The van der Waals surface area contributed by atoms with Crippen LogP contribution < -0.4 is 14.8 Å². The van der Waals surface area contributed by atoms with E-state index in [1.165, 1.54) is 6.42 Å². The van der Waals surface area contributed by atoms with Gasteiger partial charge in [0.25, 0.3) is 0 Å². The minimum Gasteiger partial charge on any atom is -0.493 e. The molecule has 180 valence electrons. The highest BCUT2D eigenvalue weighted by molar-refractivity contribution is 7.09. The van der Waals surface area contributed by atoms with E-state index in [0.29, 0.717) is 23.6 Å². The van der Waals surface area contributed by atoms with E-state index in [4.69, 9.17) is 21.1 Å². The van der Waals surface area contributed by atoms with Crippen molar-refractivity contribution in [2.24, 2.45) is 0 Å². The number of halogens is 1. The van der Waals surface area contributed by atoms with Crippen LogP contribution in [0.25, 0.3) is 0 Å². The third-order valence-electron chi connectivity index (χ3n) is 5.72. The van der Waals surface area contributed by atoms with Crippen LogP contribution in [-0.4, -0.2) is 41.8 Å². The summed E-state index contributed by atoms with van der Waals surface area (Å²) in [5, 5.41) is 5.15. The van der Waals surface area contributed by atoms with Crippen molar-refractivity contribution >= 4 is 34.8 Å². The largest absolute Gasteiger partial charge is 0.493 e. The second-order valence-corrected chi connectivity index (χ2v) is 9.86. The number of ether oxygens (including phenoxy) is 2. The minimum atomic E-state index is -0.831. The molecule has 0 radical (unpaired) electrons. The molecule has 0 spiro atoms. The average Bonchev–Trinajstić information content (AvgIpc) is 3.32. The molecule has 1 aliphatic carbocycles. The van der Waals surface area contributed by atoms with E-state index in [0.717, 1.165) is 30.6 Å². The molecule has 1 saturated carbocycles. The van der Waals surface area contributed by atoms with Crippen LogP contribution in [0, 0.1) is 0 Å². The number of hydrogen-bond donors (Lipinski definition) is 1. The Hall–Kier alpha value is -2.25. The van der Waals surface area contributed by atoms with Gasteiger partial charge in [-0.1, -0.05) is 31.4 Å². The number of rotatable bonds is 10. The molecule has 1 N–H and O–H groups in total. The Bertz CT molecular complexity index is 913. The molecular formula is C25H33ClN2O4S. The van der Waals surface area contributed by atoms with Gasteiger partial charge in [-0.05, 0) is 55.8 Å². The zero-order chi connectivity index (χ0) is 23.8. The van der Waals surface area contributed by atoms with Gasteiger partial charge in [-0.3, -0.25) is 9.59 Å². The molecular weight excluding hydrogens is 460 g/mol. The number of carbonyl (C=O) groups excluding carboxylic acids is 2. The first-order valence-corrected chi connectivity index (χ1v) is 12.9. The van der Waals surface area contributed by atoms with Crippen molar-refractivity contribution in [3.63, 3.8) is 0 Å². The number of methoxy groups -OCH3 is 1. The first kappa shape index (κ1) is 25.4. The summed E-state index contributed by atoms with van der Waals surface area (Å²) in [5.41, 5.74) is 0.659. The maximum absolute atomic E-state index is 13.6. The Kier molecular flexibility index (Phi) is 9.44. The zero-order valence-corrected chi connectivity index (χ0v) is 21.1. The molecule has 1 fully saturated rings. The van der Waals surface area contributed by atoms with Gasteiger partial charge in [-0.25, -0.2) is 0 Å². The van der Waals surface area contributed by atoms with E-state index in [1.807, 2.05) is 37.4 Å². The first-order chi connectivity index (χ1) is 15.9. The molecule has 1 unspecified atom stereocenters. The summed E-state index contributed by atoms with van der Waals surface area (Å²) in [6, 6.07) is 8.58. The van der Waals surface area contributed by atoms with E-state index < -0.39 is 6.04 Å². The number of carbonyl (C=O) groups is 2. The van der Waals surface area contributed by atoms with Gasteiger partial charge in [-0.15, -0.1) is 22.9 Å². The van der Waals surface area contributed by atoms with E-state index in [9.17, 15) is 9.59 Å². The normalized spacial score (nSPS) is 15.2. The number of thiophene rings is 1. The van der Waals surface area contributed by atoms with Gasteiger partial charge in [0.2, 0.25) is 11.8 Å². The summed E-state index contributed by atoms with van der Waals surface area (Å²) < 4.78 is 11.4. The molecule has 6 nitrogen and oxygen atoms in total. The van der Waals surface area contributed by atoms with E-state index in [1.54, 1.807) is 35.5 Å². The van der Waals surface area contributed by atoms with Crippen LogP contribution in [0.15, 0.2) is 35.7 Å². The Morgan fingerprint density at radius 3 is 2.55 bits per heavy atom. The molecule has 1 aliphatic rings. The molecule has 8 heteroatoms. The summed E-state index contributed by atoms with van der Waals surface area (Å²) in [5.74, 6) is 0.415. The van der Waals surface area contributed by atoms with E-state index in [2.05, 4.69) is 5.32 Å². The fraction of sp³-hybridized carbons (Fsp3) is 0.520. The summed E-state index contributed by atoms with van der Waals surface area (Å²) in [4.78, 5) is 29.2. The molecule has 0 bridgehead atoms. The summed E-state index contributed by atoms with van der Waals surface area (Å²) in [6.45, 7) is 4.18. The Labute approximate surface area is 205 Å². The highest BCUT2D eigenvalue weighted by Gasteiger charge is 2.33. The van der Waals surface area contributed by atoms with Crippen LogP contribution in [-0.2, 0) is 16.1 Å². The number of benzene rings is 1. The lowest BCUT2D eigenvalue weighted by Crippen LogP contribution is -2.47. The van der Waals surface area contributed by atoms with Crippen LogP contribution >= 0.6 is 22.9 Å². The Morgan fingerprint density at radius 1 is 1.18 bits per heavy atom. The lowest BCUT2D eigenvalue weighted by Gasteiger charge is -2.33. The lowest BCUT2D eigenvalue weighted by atomic mass is 9.94. The molecule has 33 heavy (non-hydrogen) atoms. The number of amides is 2. The molecule has 1 heterocycles. The van der Waals surface area contributed by atoms with Crippen LogP contribution in [0.2, 0.25) is 0 Å². The van der Waals surface area contributed by atoms with Crippen LogP contribution in [0.3, 0.4) is 0 Å². The molecule has 2 aromatic rings. The fourth-order valence-corrected chi connectivity index (χ4v) is 5.03. The fourth-order valence-electron chi connectivity index (χ4n) is 4.18. The van der Waals surface area contributed by atoms with Crippen molar-refractivity contribution in [3.8, 4) is 11.5 Å². The van der Waals surface area contributed by atoms with Crippen molar-refractivity contribution in [2.45, 2.75) is 70.7 Å². The smallest absolute Gasteiger partial charge is 0.247 e. The van der Waals surface area contributed by atoms with Gasteiger partial charge < -0.3 is 19.7 Å². The molecule has 2 amide bonds. The predicted octanol–water partition coefficient (Wildman–Crippen LogP) is 5.30.